The van der Waals surface area contributed by atoms with Crippen molar-refractivity contribution in [2.24, 2.45) is 0 Å². The van der Waals surface area contributed by atoms with E-state index in [4.69, 9.17) is 9.84 Å². The van der Waals surface area contributed by atoms with Crippen LogP contribution in [0.3, 0.4) is 0 Å². The molecule has 0 bridgehead atoms. The van der Waals surface area contributed by atoms with Crippen LogP contribution in [0.2, 0.25) is 0 Å². The second kappa shape index (κ2) is 5.31. The highest BCUT2D eigenvalue weighted by Crippen LogP contribution is 2.24. The van der Waals surface area contributed by atoms with Gasteiger partial charge in [-0.2, -0.15) is 0 Å². The fourth-order valence-corrected chi connectivity index (χ4v) is 1.50. The molecule has 0 radical (unpaired) electrons. The van der Waals surface area contributed by atoms with Crippen LogP contribution in [0, 0.1) is 0 Å². The van der Waals surface area contributed by atoms with Gasteiger partial charge in [0.05, 0.1) is 12.1 Å². The normalized spacial score (nSPS) is 11.8. The number of para-hydroxylation sites is 1. The highest BCUT2D eigenvalue weighted by Gasteiger charge is 2.14. The molecule has 4 nitrogen and oxygen atoms in total. The molecule has 0 saturated carbocycles. The molecule has 1 N–H and O–H groups in total. The zero-order valence-electron chi connectivity index (χ0n) is 9.91. The lowest BCUT2D eigenvalue weighted by molar-refractivity contribution is -0.138. The van der Waals surface area contributed by atoms with Crippen LogP contribution in [-0.2, 0) is 4.79 Å². The van der Waals surface area contributed by atoms with Crippen molar-refractivity contribution in [3.63, 3.8) is 0 Å². The molecular weight excluding hydrogens is 230 g/mol. The van der Waals surface area contributed by atoms with Crippen molar-refractivity contribution in [3.8, 4) is 11.5 Å². The van der Waals surface area contributed by atoms with Gasteiger partial charge in [-0.3, -0.25) is 9.78 Å². The monoisotopic (exact) mass is 243 g/mol. The molecule has 1 unspecified atom stereocenters. The topological polar surface area (TPSA) is 59.4 Å². The van der Waals surface area contributed by atoms with Gasteiger partial charge >= 0.3 is 5.97 Å². The molecule has 2 aromatic rings. The standard InChI is InChI=1S/C14H13NO3/c1-10(14(16)17)11-7-13(9-15-8-11)18-12-5-3-2-4-6-12/h2-10H,1H3,(H,16,17). The summed E-state index contributed by atoms with van der Waals surface area (Å²) >= 11 is 0. The quantitative estimate of drug-likeness (QED) is 0.896. The van der Waals surface area contributed by atoms with Crippen LogP contribution in [0.1, 0.15) is 18.4 Å². The summed E-state index contributed by atoms with van der Waals surface area (Å²) in [5.74, 6) is -0.253. The summed E-state index contributed by atoms with van der Waals surface area (Å²) in [6.07, 6.45) is 3.10. The molecule has 4 heteroatoms. The van der Waals surface area contributed by atoms with E-state index in [9.17, 15) is 4.79 Å². The number of benzene rings is 1. The van der Waals surface area contributed by atoms with Crippen molar-refractivity contribution in [1.29, 1.82) is 0 Å². The average molecular weight is 243 g/mol. The van der Waals surface area contributed by atoms with Gasteiger partial charge in [-0.1, -0.05) is 18.2 Å². The third-order valence-electron chi connectivity index (χ3n) is 2.58. The lowest BCUT2D eigenvalue weighted by atomic mass is 10.0. The summed E-state index contributed by atoms with van der Waals surface area (Å²) in [6, 6.07) is 11.0. The zero-order chi connectivity index (χ0) is 13.0. The Labute approximate surface area is 105 Å². The van der Waals surface area contributed by atoms with Gasteiger partial charge in [-0.05, 0) is 30.7 Å². The van der Waals surface area contributed by atoms with E-state index in [1.165, 1.54) is 6.20 Å². The molecule has 0 aliphatic carbocycles. The van der Waals surface area contributed by atoms with Crippen LogP contribution in [0.5, 0.6) is 11.5 Å². The van der Waals surface area contributed by atoms with Gasteiger partial charge in [0, 0.05) is 6.20 Å². The summed E-state index contributed by atoms with van der Waals surface area (Å²) in [5, 5.41) is 8.95. The Bertz CT molecular complexity index is 540. The predicted molar refractivity (Wildman–Crippen MR) is 66.8 cm³/mol. The number of aliphatic carboxylic acids is 1. The average Bonchev–Trinajstić information content (AvgIpc) is 2.39. The van der Waals surface area contributed by atoms with Crippen molar-refractivity contribution in [2.75, 3.05) is 0 Å². The van der Waals surface area contributed by atoms with E-state index >= 15 is 0 Å². The number of hydrogen-bond acceptors (Lipinski definition) is 3. The lowest BCUT2D eigenvalue weighted by Crippen LogP contribution is -2.07. The Morgan fingerprint density at radius 2 is 1.94 bits per heavy atom. The van der Waals surface area contributed by atoms with E-state index in [0.717, 1.165) is 0 Å². The Morgan fingerprint density at radius 3 is 2.61 bits per heavy atom. The van der Waals surface area contributed by atoms with Gasteiger partial charge in [0.1, 0.15) is 11.5 Å². The summed E-state index contributed by atoms with van der Waals surface area (Å²) < 4.78 is 5.59. The Morgan fingerprint density at radius 1 is 1.22 bits per heavy atom. The van der Waals surface area contributed by atoms with Gasteiger partial charge in [0.15, 0.2) is 0 Å². The van der Waals surface area contributed by atoms with Gasteiger partial charge in [0.2, 0.25) is 0 Å². The molecule has 0 aliphatic rings. The van der Waals surface area contributed by atoms with Crippen LogP contribution in [0.25, 0.3) is 0 Å². The summed E-state index contributed by atoms with van der Waals surface area (Å²) in [4.78, 5) is 14.9. The Hall–Kier alpha value is -2.36. The number of carboxylic acid groups (broad SMARTS) is 1. The van der Waals surface area contributed by atoms with Crippen LogP contribution >= 0.6 is 0 Å². The van der Waals surface area contributed by atoms with E-state index in [1.807, 2.05) is 30.3 Å². The summed E-state index contributed by atoms with van der Waals surface area (Å²) in [7, 11) is 0. The molecule has 1 aromatic carbocycles. The maximum atomic E-state index is 10.9. The zero-order valence-corrected chi connectivity index (χ0v) is 9.91. The Balaban J connectivity index is 2.20. The van der Waals surface area contributed by atoms with Crippen LogP contribution in [-0.4, -0.2) is 16.1 Å². The molecule has 1 atom stereocenters. The van der Waals surface area contributed by atoms with Gasteiger partial charge < -0.3 is 9.84 Å². The number of nitrogens with zero attached hydrogens (tertiary/aromatic N) is 1. The second-order valence-electron chi connectivity index (χ2n) is 3.93. The lowest BCUT2D eigenvalue weighted by Gasteiger charge is -2.09. The maximum absolute atomic E-state index is 10.9. The minimum absolute atomic E-state index is 0.534. The molecule has 0 spiro atoms. The van der Waals surface area contributed by atoms with Crippen LogP contribution in [0.4, 0.5) is 0 Å². The van der Waals surface area contributed by atoms with Gasteiger partial charge in [-0.15, -0.1) is 0 Å². The van der Waals surface area contributed by atoms with Crippen molar-refractivity contribution in [1.82, 2.24) is 4.98 Å². The summed E-state index contributed by atoms with van der Waals surface area (Å²) in [5.41, 5.74) is 0.621. The first-order chi connectivity index (χ1) is 8.66. The molecule has 18 heavy (non-hydrogen) atoms. The third-order valence-corrected chi connectivity index (χ3v) is 2.58. The predicted octanol–water partition coefficient (Wildman–Crippen LogP) is 3.06. The van der Waals surface area contributed by atoms with E-state index in [2.05, 4.69) is 4.98 Å². The smallest absolute Gasteiger partial charge is 0.310 e. The minimum Gasteiger partial charge on any atom is -0.481 e. The van der Waals surface area contributed by atoms with Crippen LogP contribution in [0.15, 0.2) is 48.8 Å². The van der Waals surface area contributed by atoms with Gasteiger partial charge in [0.25, 0.3) is 0 Å². The number of rotatable bonds is 4. The van der Waals surface area contributed by atoms with Crippen LogP contribution < -0.4 is 4.74 Å². The third kappa shape index (κ3) is 2.85. The van der Waals surface area contributed by atoms with Crippen molar-refractivity contribution >= 4 is 5.97 Å². The van der Waals surface area contributed by atoms with E-state index in [1.54, 1.807) is 19.2 Å². The minimum atomic E-state index is -0.881. The number of carbonyl (C=O) groups is 1. The Kier molecular flexibility index (Phi) is 3.57. The first-order valence-electron chi connectivity index (χ1n) is 5.57. The van der Waals surface area contributed by atoms with E-state index in [0.29, 0.717) is 17.1 Å². The number of pyridine rings is 1. The number of aromatic nitrogens is 1. The van der Waals surface area contributed by atoms with Crippen molar-refractivity contribution < 1.29 is 14.6 Å². The molecule has 92 valence electrons. The molecule has 0 saturated heterocycles. The van der Waals surface area contributed by atoms with E-state index in [-0.39, 0.29) is 0 Å². The van der Waals surface area contributed by atoms with Crippen molar-refractivity contribution in [2.45, 2.75) is 12.8 Å². The molecule has 0 amide bonds. The summed E-state index contributed by atoms with van der Waals surface area (Å²) in [6.45, 7) is 1.62. The SMILES string of the molecule is CC(C(=O)O)c1cncc(Oc2ccccc2)c1. The highest BCUT2D eigenvalue weighted by atomic mass is 16.5. The fraction of sp³-hybridized carbons (Fsp3) is 0.143. The highest BCUT2D eigenvalue weighted by molar-refractivity contribution is 5.75. The van der Waals surface area contributed by atoms with Gasteiger partial charge in [-0.25, -0.2) is 0 Å². The second-order valence-corrected chi connectivity index (χ2v) is 3.93. The fourth-order valence-electron chi connectivity index (χ4n) is 1.50. The molecule has 0 fully saturated rings. The van der Waals surface area contributed by atoms with E-state index < -0.39 is 11.9 Å². The number of hydrogen-bond donors (Lipinski definition) is 1. The molecular formula is C14H13NO3. The first-order valence-corrected chi connectivity index (χ1v) is 5.57. The molecule has 2 rings (SSSR count). The number of ether oxygens (including phenoxy) is 1. The van der Waals surface area contributed by atoms with Crippen molar-refractivity contribution in [3.05, 3.63) is 54.4 Å². The molecule has 1 aromatic heterocycles. The number of carboxylic acids is 1. The molecule has 1 heterocycles. The largest absolute Gasteiger partial charge is 0.481 e. The maximum Gasteiger partial charge on any atom is 0.310 e. The first kappa shape index (κ1) is 12.1. The molecule has 0 aliphatic heterocycles.